The molecule has 0 saturated carbocycles. The summed E-state index contributed by atoms with van der Waals surface area (Å²) in [5.74, 6) is 0.392. The molecule has 206 valence electrons. The molecule has 1 amide bonds. The number of hydrazone groups is 1. The quantitative estimate of drug-likeness (QED) is 0.166. The molecular formula is C31H30ClN3O4S. The number of nitrogens with zero attached hydrogens (tertiary/aromatic N) is 2. The van der Waals surface area contributed by atoms with Crippen LogP contribution in [0.1, 0.15) is 36.5 Å². The van der Waals surface area contributed by atoms with Gasteiger partial charge in [0.1, 0.15) is 18.9 Å². The molecule has 0 bridgehead atoms. The summed E-state index contributed by atoms with van der Waals surface area (Å²) >= 11 is 5.91. The van der Waals surface area contributed by atoms with Crippen molar-refractivity contribution in [3.63, 3.8) is 0 Å². The zero-order valence-electron chi connectivity index (χ0n) is 22.2. The summed E-state index contributed by atoms with van der Waals surface area (Å²) in [5.41, 5.74) is 5.62. The summed E-state index contributed by atoms with van der Waals surface area (Å²) in [6.07, 6.45) is 1.48. The smallest absolute Gasteiger partial charge is 0.264 e. The van der Waals surface area contributed by atoms with Gasteiger partial charge >= 0.3 is 0 Å². The highest BCUT2D eigenvalue weighted by molar-refractivity contribution is 7.92. The second-order valence-corrected chi connectivity index (χ2v) is 11.6. The molecule has 0 aromatic heterocycles. The average molecular weight is 576 g/mol. The second-order valence-electron chi connectivity index (χ2n) is 9.35. The number of amides is 1. The summed E-state index contributed by atoms with van der Waals surface area (Å²) in [7, 11) is -3.99. The van der Waals surface area contributed by atoms with Crippen LogP contribution in [0.15, 0.2) is 113 Å². The number of hydrogen-bond donors (Lipinski definition) is 1. The number of ether oxygens (including phenoxy) is 1. The lowest BCUT2D eigenvalue weighted by molar-refractivity contribution is -0.119. The lowest BCUT2D eigenvalue weighted by atomic mass is 10.0. The third-order valence-electron chi connectivity index (χ3n) is 6.07. The van der Waals surface area contributed by atoms with Gasteiger partial charge < -0.3 is 4.74 Å². The van der Waals surface area contributed by atoms with Gasteiger partial charge in [-0.1, -0.05) is 67.9 Å². The van der Waals surface area contributed by atoms with Gasteiger partial charge in [-0.15, -0.1) is 0 Å². The highest BCUT2D eigenvalue weighted by Crippen LogP contribution is 2.26. The molecule has 40 heavy (non-hydrogen) atoms. The largest absolute Gasteiger partial charge is 0.489 e. The Morgan fingerprint density at radius 3 is 2.20 bits per heavy atom. The fourth-order valence-corrected chi connectivity index (χ4v) is 5.37. The Hall–Kier alpha value is -4.14. The summed E-state index contributed by atoms with van der Waals surface area (Å²) in [4.78, 5) is 12.9. The molecule has 4 aromatic carbocycles. The molecule has 1 N–H and O–H groups in total. The minimum atomic E-state index is -3.99. The molecule has 0 unspecified atom stereocenters. The molecule has 4 aromatic rings. The Morgan fingerprint density at radius 2 is 1.57 bits per heavy atom. The van der Waals surface area contributed by atoms with Crippen LogP contribution in [-0.4, -0.2) is 27.1 Å². The molecule has 0 aliphatic rings. The zero-order valence-corrected chi connectivity index (χ0v) is 23.8. The predicted molar refractivity (Wildman–Crippen MR) is 159 cm³/mol. The Labute approximate surface area is 240 Å². The molecule has 0 radical (unpaired) electrons. The van der Waals surface area contributed by atoms with E-state index in [9.17, 15) is 13.2 Å². The molecule has 0 aliphatic heterocycles. The van der Waals surface area contributed by atoms with Crippen LogP contribution in [0, 0.1) is 0 Å². The molecule has 0 spiro atoms. The lowest BCUT2D eigenvalue weighted by Gasteiger charge is -2.24. The molecule has 0 atom stereocenters. The minimum Gasteiger partial charge on any atom is -0.489 e. The Kier molecular flexibility index (Phi) is 9.58. The normalized spacial score (nSPS) is 11.5. The molecular weight excluding hydrogens is 546 g/mol. The van der Waals surface area contributed by atoms with Crippen LogP contribution in [0.5, 0.6) is 5.75 Å². The first kappa shape index (κ1) is 28.9. The van der Waals surface area contributed by atoms with Gasteiger partial charge in [0, 0.05) is 5.02 Å². The zero-order chi connectivity index (χ0) is 28.5. The van der Waals surface area contributed by atoms with E-state index in [0.29, 0.717) is 23.1 Å². The van der Waals surface area contributed by atoms with E-state index in [4.69, 9.17) is 16.3 Å². The van der Waals surface area contributed by atoms with Crippen molar-refractivity contribution in [1.29, 1.82) is 0 Å². The van der Waals surface area contributed by atoms with E-state index >= 15 is 0 Å². The molecule has 0 fully saturated rings. The van der Waals surface area contributed by atoms with Crippen molar-refractivity contribution < 1.29 is 17.9 Å². The molecule has 0 aliphatic carbocycles. The number of halogens is 1. The maximum Gasteiger partial charge on any atom is 0.264 e. The Bertz CT molecular complexity index is 1540. The fraction of sp³-hybridized carbons (Fsp3) is 0.161. The molecule has 0 heterocycles. The Morgan fingerprint density at radius 1 is 0.925 bits per heavy atom. The summed E-state index contributed by atoms with van der Waals surface area (Å²) in [5, 5.41) is 4.68. The number of carbonyl (C=O) groups excluding carboxylic acids is 1. The maximum absolute atomic E-state index is 13.5. The van der Waals surface area contributed by atoms with E-state index < -0.39 is 22.5 Å². The standard InChI is InChI=1S/C31H30ClN3O4S/c1-23(2)26-12-16-28(17-13-26)35(40(37,38)30-6-4-3-5-7-30)21-31(36)34-33-20-24-10-18-29(19-11-24)39-22-25-8-14-27(32)15-9-25/h3-20,23H,21-22H2,1-2H3,(H,34,36)/b33-20-. The van der Waals surface area contributed by atoms with E-state index in [-0.39, 0.29) is 10.8 Å². The fourth-order valence-electron chi connectivity index (χ4n) is 3.80. The van der Waals surface area contributed by atoms with Crippen molar-refractivity contribution in [2.75, 3.05) is 10.8 Å². The molecule has 0 saturated heterocycles. The van der Waals surface area contributed by atoms with E-state index in [1.54, 1.807) is 54.6 Å². The number of benzene rings is 4. The summed E-state index contributed by atoms with van der Waals surface area (Å²) in [6, 6.07) is 29.8. The number of anilines is 1. The third kappa shape index (κ3) is 7.71. The van der Waals surface area contributed by atoms with Crippen molar-refractivity contribution in [3.05, 3.63) is 125 Å². The van der Waals surface area contributed by atoms with Crippen LogP contribution in [0.2, 0.25) is 5.02 Å². The van der Waals surface area contributed by atoms with Crippen molar-refractivity contribution in [3.8, 4) is 5.75 Å². The topological polar surface area (TPSA) is 88.1 Å². The summed E-state index contributed by atoms with van der Waals surface area (Å²) in [6.45, 7) is 4.08. The van der Waals surface area contributed by atoms with Gasteiger partial charge in [0.15, 0.2) is 0 Å². The van der Waals surface area contributed by atoms with Crippen LogP contribution in [0.4, 0.5) is 5.69 Å². The average Bonchev–Trinajstić information content (AvgIpc) is 2.97. The summed E-state index contributed by atoms with van der Waals surface area (Å²) < 4.78 is 33.8. The van der Waals surface area contributed by atoms with Crippen molar-refractivity contribution >= 4 is 39.4 Å². The van der Waals surface area contributed by atoms with Gasteiger partial charge in [-0.05, 0) is 83.3 Å². The van der Waals surface area contributed by atoms with Crippen LogP contribution < -0.4 is 14.5 Å². The Balaban J connectivity index is 1.40. The van der Waals surface area contributed by atoms with Crippen LogP contribution in [0.25, 0.3) is 0 Å². The number of rotatable bonds is 11. The number of hydrogen-bond acceptors (Lipinski definition) is 5. The van der Waals surface area contributed by atoms with Crippen molar-refractivity contribution in [2.45, 2.75) is 31.3 Å². The van der Waals surface area contributed by atoms with E-state index in [0.717, 1.165) is 21.0 Å². The van der Waals surface area contributed by atoms with E-state index in [1.807, 2.05) is 36.4 Å². The van der Waals surface area contributed by atoms with Crippen molar-refractivity contribution in [1.82, 2.24) is 5.43 Å². The number of nitrogens with one attached hydrogen (secondary N) is 1. The second kappa shape index (κ2) is 13.3. The van der Waals surface area contributed by atoms with Crippen LogP contribution in [-0.2, 0) is 21.4 Å². The van der Waals surface area contributed by atoms with Gasteiger partial charge in [-0.3, -0.25) is 9.10 Å². The first-order valence-electron chi connectivity index (χ1n) is 12.7. The third-order valence-corrected chi connectivity index (χ3v) is 8.11. The predicted octanol–water partition coefficient (Wildman–Crippen LogP) is 6.39. The number of carbonyl (C=O) groups is 1. The lowest BCUT2D eigenvalue weighted by Crippen LogP contribution is -2.39. The SMILES string of the molecule is CC(C)c1ccc(N(CC(=O)N/N=C\c2ccc(OCc3ccc(Cl)cc3)cc2)S(=O)(=O)c2ccccc2)cc1. The van der Waals surface area contributed by atoms with Crippen LogP contribution >= 0.6 is 11.6 Å². The van der Waals surface area contributed by atoms with Gasteiger partial charge in [0.25, 0.3) is 15.9 Å². The minimum absolute atomic E-state index is 0.0950. The molecule has 7 nitrogen and oxygen atoms in total. The highest BCUT2D eigenvalue weighted by atomic mass is 35.5. The monoisotopic (exact) mass is 575 g/mol. The van der Waals surface area contributed by atoms with Crippen LogP contribution in [0.3, 0.4) is 0 Å². The van der Waals surface area contributed by atoms with E-state index in [1.165, 1.54) is 18.3 Å². The first-order valence-corrected chi connectivity index (χ1v) is 14.5. The van der Waals surface area contributed by atoms with Gasteiger partial charge in [0.05, 0.1) is 16.8 Å². The number of sulfonamides is 1. The van der Waals surface area contributed by atoms with Crippen molar-refractivity contribution in [2.24, 2.45) is 5.10 Å². The highest BCUT2D eigenvalue weighted by Gasteiger charge is 2.27. The van der Waals surface area contributed by atoms with Gasteiger partial charge in [0.2, 0.25) is 0 Å². The first-order chi connectivity index (χ1) is 19.2. The molecule has 4 rings (SSSR count). The van der Waals surface area contributed by atoms with Gasteiger partial charge in [-0.2, -0.15) is 5.10 Å². The maximum atomic E-state index is 13.5. The van der Waals surface area contributed by atoms with E-state index in [2.05, 4.69) is 24.4 Å². The molecule has 9 heteroatoms. The van der Waals surface area contributed by atoms with Gasteiger partial charge in [-0.25, -0.2) is 13.8 Å².